The number of benzene rings is 3. The van der Waals surface area contributed by atoms with Crippen molar-refractivity contribution in [3.05, 3.63) is 102 Å². The van der Waals surface area contributed by atoms with Crippen LogP contribution >= 0.6 is 0 Å². The van der Waals surface area contributed by atoms with Crippen molar-refractivity contribution >= 4 is 16.5 Å². The third-order valence-corrected chi connectivity index (χ3v) is 5.87. The predicted molar refractivity (Wildman–Crippen MR) is 118 cm³/mol. The third kappa shape index (κ3) is 2.92. The number of fused-ring (bicyclic) bond motifs is 3. The van der Waals surface area contributed by atoms with Crippen molar-refractivity contribution in [1.29, 1.82) is 0 Å². The molecule has 0 bridgehead atoms. The van der Waals surface area contributed by atoms with Gasteiger partial charge in [-0.05, 0) is 76.6 Å². The van der Waals surface area contributed by atoms with Crippen LogP contribution in [0.3, 0.4) is 0 Å². The maximum Gasteiger partial charge on any atom is 0.0862 e. The van der Waals surface area contributed by atoms with Gasteiger partial charge in [-0.1, -0.05) is 67.6 Å². The second-order valence-electron chi connectivity index (χ2n) is 7.53. The van der Waals surface area contributed by atoms with Crippen LogP contribution in [0, 0.1) is 12.1 Å². The molecule has 0 saturated heterocycles. The van der Waals surface area contributed by atoms with Crippen LogP contribution in [-0.4, -0.2) is 0 Å². The average Bonchev–Trinajstić information content (AvgIpc) is 2.73. The summed E-state index contributed by atoms with van der Waals surface area (Å²) in [6.45, 7) is 2.20. The van der Waals surface area contributed by atoms with Gasteiger partial charge in [-0.3, -0.25) is 0 Å². The number of hydrogen-bond donors (Lipinski definition) is 1. The zero-order valence-electron chi connectivity index (χ0n) is 16.1. The van der Waals surface area contributed by atoms with Crippen molar-refractivity contribution in [2.24, 2.45) is 0 Å². The second-order valence-corrected chi connectivity index (χ2v) is 7.53. The number of aryl methyl sites for hydroxylation is 2. The molecule has 1 aliphatic rings. The Hall–Kier alpha value is -3.24. The Morgan fingerprint density at radius 2 is 1.64 bits per heavy atom. The van der Waals surface area contributed by atoms with E-state index < -0.39 is 0 Å². The summed E-state index contributed by atoms with van der Waals surface area (Å²) < 4.78 is 0. The Kier molecular flexibility index (Phi) is 4.26. The van der Waals surface area contributed by atoms with Gasteiger partial charge in [-0.15, -0.1) is 0 Å². The molecule has 0 amide bonds. The number of nitrogens with one attached hydrogen (secondary N) is 1. The molecule has 4 aromatic rings. The van der Waals surface area contributed by atoms with Gasteiger partial charge in [-0.2, -0.15) is 0 Å². The molecule has 136 valence electrons. The van der Waals surface area contributed by atoms with Gasteiger partial charge < -0.3 is 5.32 Å². The van der Waals surface area contributed by atoms with E-state index in [0.29, 0.717) is 0 Å². The van der Waals surface area contributed by atoms with E-state index in [0.717, 1.165) is 17.7 Å². The molecule has 1 aliphatic carbocycles. The quantitative estimate of drug-likeness (QED) is 0.414. The van der Waals surface area contributed by atoms with Gasteiger partial charge in [0.15, 0.2) is 0 Å². The normalized spacial score (nSPS) is 13.3. The maximum absolute atomic E-state index is 3.61. The maximum atomic E-state index is 3.61. The van der Waals surface area contributed by atoms with E-state index in [4.69, 9.17) is 0 Å². The first-order valence-electron chi connectivity index (χ1n) is 10.1. The van der Waals surface area contributed by atoms with Gasteiger partial charge in [0.1, 0.15) is 0 Å². The Bertz CT molecular complexity index is 1110. The summed E-state index contributed by atoms with van der Waals surface area (Å²) in [5.41, 5.74) is 7.69. The van der Waals surface area contributed by atoms with Crippen LogP contribution in [0.1, 0.15) is 36.1 Å². The molecule has 0 radical (unpaired) electrons. The first-order valence-corrected chi connectivity index (χ1v) is 10.1. The third-order valence-electron chi connectivity index (χ3n) is 5.87. The van der Waals surface area contributed by atoms with Gasteiger partial charge in [0.25, 0.3) is 0 Å². The molecule has 1 nitrogen and oxygen atoms in total. The fourth-order valence-corrected chi connectivity index (χ4v) is 4.24. The molecule has 1 atom stereocenters. The molecule has 1 N–H and O–H groups in total. The molecular weight excluding hydrogens is 338 g/mol. The summed E-state index contributed by atoms with van der Waals surface area (Å²) >= 11 is 0. The van der Waals surface area contributed by atoms with Crippen molar-refractivity contribution < 1.29 is 0 Å². The first kappa shape index (κ1) is 16.9. The summed E-state index contributed by atoms with van der Waals surface area (Å²) in [6, 6.07) is 33.0. The van der Waals surface area contributed by atoms with Crippen LogP contribution in [0.25, 0.3) is 21.9 Å². The minimum atomic E-state index is 0.286. The highest BCUT2D eigenvalue weighted by atomic mass is 14.9. The highest BCUT2D eigenvalue weighted by Crippen LogP contribution is 2.37. The van der Waals surface area contributed by atoms with E-state index in [2.05, 4.69) is 97.2 Å². The lowest BCUT2D eigenvalue weighted by molar-refractivity contribution is 0.749. The molecule has 0 heterocycles. The summed E-state index contributed by atoms with van der Waals surface area (Å²) in [6.07, 6.45) is 3.41. The smallest absolute Gasteiger partial charge is 0.0862 e. The van der Waals surface area contributed by atoms with Gasteiger partial charge >= 0.3 is 0 Å². The van der Waals surface area contributed by atoms with Crippen molar-refractivity contribution in [3.63, 3.8) is 0 Å². The molecule has 1 unspecified atom stereocenters. The fraction of sp³-hybridized carbons (Fsp3) is 0.185. The molecule has 0 spiro atoms. The highest BCUT2D eigenvalue weighted by Gasteiger charge is 2.19. The number of anilines is 1. The average molecular weight is 361 g/mol. The van der Waals surface area contributed by atoms with E-state index >= 15 is 0 Å². The summed E-state index contributed by atoms with van der Waals surface area (Å²) in [5.74, 6) is 0. The predicted octanol–water partition coefficient (Wildman–Crippen LogP) is 6.77. The van der Waals surface area contributed by atoms with Crippen molar-refractivity contribution in [2.75, 3.05) is 5.32 Å². The molecule has 0 aliphatic heterocycles. The standard InChI is InChI=1S/C27H23N/c1-2-27(20-8-4-3-5-9-20)28-22-15-12-19(13-16-22)26-18-21-14-17-23(21)24-10-6-7-11-25(24)26/h3-12,15,18,27-28H,2,14,17H2,1H3. The van der Waals surface area contributed by atoms with E-state index in [-0.39, 0.29) is 6.04 Å². The molecular formula is C27H23N. The molecule has 0 fully saturated rings. The summed E-state index contributed by atoms with van der Waals surface area (Å²) in [4.78, 5) is 0. The van der Waals surface area contributed by atoms with Crippen LogP contribution in [0.15, 0.2) is 72.8 Å². The lowest BCUT2D eigenvalue weighted by atomic mass is 9.81. The Labute approximate surface area is 167 Å². The van der Waals surface area contributed by atoms with Crippen molar-refractivity contribution in [2.45, 2.75) is 32.2 Å². The Morgan fingerprint density at radius 1 is 0.857 bits per heavy atom. The largest absolute Gasteiger partial charge is 0.371 e. The van der Waals surface area contributed by atoms with Gasteiger partial charge in [-0.25, -0.2) is 0 Å². The van der Waals surface area contributed by atoms with Crippen LogP contribution in [0.4, 0.5) is 5.69 Å². The van der Waals surface area contributed by atoms with Crippen LogP contribution < -0.4 is 5.32 Å². The zero-order valence-corrected chi connectivity index (χ0v) is 16.1. The van der Waals surface area contributed by atoms with Crippen LogP contribution in [-0.2, 0) is 12.8 Å². The fourth-order valence-electron chi connectivity index (χ4n) is 4.24. The second kappa shape index (κ2) is 7.06. The molecule has 28 heavy (non-hydrogen) atoms. The highest BCUT2D eigenvalue weighted by molar-refractivity contribution is 6.00. The Morgan fingerprint density at radius 3 is 2.32 bits per heavy atom. The molecule has 0 aromatic heterocycles. The van der Waals surface area contributed by atoms with Crippen LogP contribution in [0.5, 0.6) is 0 Å². The van der Waals surface area contributed by atoms with E-state index in [1.807, 2.05) is 0 Å². The monoisotopic (exact) mass is 361 g/mol. The van der Waals surface area contributed by atoms with E-state index in [1.54, 1.807) is 0 Å². The molecule has 1 heteroatoms. The van der Waals surface area contributed by atoms with Crippen molar-refractivity contribution in [3.8, 4) is 11.1 Å². The minimum absolute atomic E-state index is 0.286. The first-order chi connectivity index (χ1) is 13.8. The number of rotatable bonds is 5. The SMILES string of the molecule is CCC(Nc1c#cc(-c2cc3c(c4ccccc24)CC3)cc1)c1ccccc1. The summed E-state index contributed by atoms with van der Waals surface area (Å²) in [7, 11) is 0. The lowest BCUT2D eigenvalue weighted by Crippen LogP contribution is -2.09. The zero-order chi connectivity index (χ0) is 18.9. The topological polar surface area (TPSA) is 12.0 Å². The molecule has 4 aromatic carbocycles. The lowest BCUT2D eigenvalue weighted by Gasteiger charge is -2.23. The van der Waals surface area contributed by atoms with Crippen LogP contribution in [0.2, 0.25) is 0 Å². The van der Waals surface area contributed by atoms with Gasteiger partial charge in [0.2, 0.25) is 0 Å². The summed E-state index contributed by atoms with van der Waals surface area (Å²) in [5, 5.41) is 6.32. The number of hydrogen-bond acceptors (Lipinski definition) is 1. The molecule has 0 saturated carbocycles. The van der Waals surface area contributed by atoms with Crippen molar-refractivity contribution in [1.82, 2.24) is 0 Å². The van der Waals surface area contributed by atoms with Gasteiger partial charge in [0.05, 0.1) is 11.7 Å². The van der Waals surface area contributed by atoms with E-state index in [9.17, 15) is 0 Å². The van der Waals surface area contributed by atoms with E-state index in [1.165, 1.54) is 45.9 Å². The Balaban J connectivity index is 1.46. The minimum Gasteiger partial charge on any atom is -0.371 e. The molecule has 5 rings (SSSR count). The van der Waals surface area contributed by atoms with Gasteiger partial charge in [0, 0.05) is 5.56 Å².